The summed E-state index contributed by atoms with van der Waals surface area (Å²) in [5.41, 5.74) is 1.19. The molecule has 1 amide bonds. The molecule has 0 saturated carbocycles. The fourth-order valence-electron chi connectivity index (χ4n) is 2.72. The highest BCUT2D eigenvalue weighted by molar-refractivity contribution is 7.92. The number of anilines is 1. The van der Waals surface area contributed by atoms with Crippen LogP contribution in [0.25, 0.3) is 0 Å². The number of aromatic nitrogens is 2. The van der Waals surface area contributed by atoms with Crippen molar-refractivity contribution in [1.29, 1.82) is 0 Å². The van der Waals surface area contributed by atoms with Crippen LogP contribution in [0.15, 0.2) is 66.1 Å². The second-order valence-corrected chi connectivity index (χ2v) is 8.18. The molecule has 2 aromatic carbocycles. The number of carbonyl (C=O) groups excluding carboxylic acids is 1. The van der Waals surface area contributed by atoms with Crippen LogP contribution >= 0.6 is 0 Å². The van der Waals surface area contributed by atoms with E-state index in [0.717, 1.165) is 18.7 Å². The number of imidazole rings is 1. The lowest BCUT2D eigenvalue weighted by Gasteiger charge is -2.12. The van der Waals surface area contributed by atoms with Gasteiger partial charge in [-0.1, -0.05) is 6.07 Å². The minimum atomic E-state index is -3.92. The lowest BCUT2D eigenvalue weighted by molar-refractivity contribution is 0.0952. The van der Waals surface area contributed by atoms with Crippen LogP contribution < -0.4 is 10.0 Å². The van der Waals surface area contributed by atoms with Gasteiger partial charge < -0.3 is 9.88 Å². The number of rotatable bonds is 8. The molecule has 9 heteroatoms. The van der Waals surface area contributed by atoms with Gasteiger partial charge in [-0.05, 0) is 55.3 Å². The van der Waals surface area contributed by atoms with E-state index in [2.05, 4.69) is 15.0 Å². The summed E-state index contributed by atoms with van der Waals surface area (Å²) in [6, 6.07) is 9.33. The second kappa shape index (κ2) is 8.87. The highest BCUT2D eigenvalue weighted by Crippen LogP contribution is 2.19. The van der Waals surface area contributed by atoms with Crippen molar-refractivity contribution in [3.63, 3.8) is 0 Å². The molecule has 152 valence electrons. The Morgan fingerprint density at radius 2 is 1.93 bits per heavy atom. The third-order valence-corrected chi connectivity index (χ3v) is 5.68. The van der Waals surface area contributed by atoms with Gasteiger partial charge in [0.2, 0.25) is 0 Å². The lowest BCUT2D eigenvalue weighted by Crippen LogP contribution is -2.26. The number of nitrogens with one attached hydrogen (secondary N) is 2. The molecule has 0 bridgehead atoms. The molecule has 2 N–H and O–H groups in total. The zero-order valence-corrected chi connectivity index (χ0v) is 16.6. The van der Waals surface area contributed by atoms with Gasteiger partial charge in [-0.25, -0.2) is 17.8 Å². The average molecular weight is 416 g/mol. The summed E-state index contributed by atoms with van der Waals surface area (Å²) in [4.78, 5) is 16.4. The number of amides is 1. The van der Waals surface area contributed by atoms with Crippen molar-refractivity contribution < 1.29 is 17.6 Å². The normalized spacial score (nSPS) is 11.2. The Bertz CT molecular complexity index is 1080. The summed E-state index contributed by atoms with van der Waals surface area (Å²) < 4.78 is 42.5. The van der Waals surface area contributed by atoms with Crippen LogP contribution in [0.5, 0.6) is 0 Å². The van der Waals surface area contributed by atoms with Crippen molar-refractivity contribution in [2.24, 2.45) is 0 Å². The van der Waals surface area contributed by atoms with Crippen LogP contribution in [-0.4, -0.2) is 30.4 Å². The molecule has 0 radical (unpaired) electrons. The Morgan fingerprint density at radius 1 is 1.17 bits per heavy atom. The first-order valence-corrected chi connectivity index (χ1v) is 10.5. The van der Waals surface area contributed by atoms with Gasteiger partial charge in [-0.3, -0.25) is 9.52 Å². The summed E-state index contributed by atoms with van der Waals surface area (Å²) in [7, 11) is -3.92. The Balaban J connectivity index is 1.67. The standard InChI is InChI=1S/C20H21FN4O3S/c1-15-3-8-18(29(27,28)24-17-6-4-16(21)5-7-17)13-19(15)20(26)23-9-2-11-25-12-10-22-14-25/h3-8,10,12-14,24H,2,9,11H2,1H3,(H,23,26). The van der Waals surface area contributed by atoms with Crippen LogP contribution in [0.3, 0.4) is 0 Å². The Hall–Kier alpha value is -3.20. The molecule has 0 spiro atoms. The smallest absolute Gasteiger partial charge is 0.261 e. The molecule has 1 aromatic heterocycles. The van der Waals surface area contributed by atoms with Crippen molar-refractivity contribution in [3.05, 3.63) is 78.1 Å². The maximum atomic E-state index is 13.0. The predicted molar refractivity (Wildman–Crippen MR) is 108 cm³/mol. The molecular formula is C20H21FN4O3S. The maximum Gasteiger partial charge on any atom is 0.261 e. The van der Waals surface area contributed by atoms with E-state index >= 15 is 0 Å². The number of hydrogen-bond donors (Lipinski definition) is 2. The van der Waals surface area contributed by atoms with Crippen molar-refractivity contribution in [2.45, 2.75) is 24.8 Å². The largest absolute Gasteiger partial charge is 0.352 e. The van der Waals surface area contributed by atoms with Gasteiger partial charge in [0.25, 0.3) is 15.9 Å². The van der Waals surface area contributed by atoms with E-state index in [1.165, 1.54) is 24.3 Å². The van der Waals surface area contributed by atoms with Gasteiger partial charge in [0.15, 0.2) is 0 Å². The fraction of sp³-hybridized carbons (Fsp3) is 0.200. The molecule has 3 rings (SSSR count). The van der Waals surface area contributed by atoms with Gasteiger partial charge in [-0.15, -0.1) is 0 Å². The maximum absolute atomic E-state index is 13.0. The molecule has 0 atom stereocenters. The number of benzene rings is 2. The summed E-state index contributed by atoms with van der Waals surface area (Å²) in [5, 5.41) is 2.81. The molecule has 29 heavy (non-hydrogen) atoms. The van der Waals surface area contributed by atoms with Crippen LogP contribution in [0.4, 0.5) is 10.1 Å². The topological polar surface area (TPSA) is 93.1 Å². The molecule has 0 fully saturated rings. The molecule has 3 aromatic rings. The summed E-state index contributed by atoms with van der Waals surface area (Å²) >= 11 is 0. The van der Waals surface area contributed by atoms with Gasteiger partial charge in [0, 0.05) is 36.7 Å². The summed E-state index contributed by atoms with van der Waals surface area (Å²) in [6.45, 7) is 2.90. The van der Waals surface area contributed by atoms with Gasteiger partial charge >= 0.3 is 0 Å². The number of nitrogens with zero attached hydrogens (tertiary/aromatic N) is 2. The molecule has 0 saturated heterocycles. The predicted octanol–water partition coefficient (Wildman–Crippen LogP) is 2.95. The van der Waals surface area contributed by atoms with E-state index in [9.17, 15) is 17.6 Å². The third-order valence-electron chi connectivity index (χ3n) is 4.30. The monoisotopic (exact) mass is 416 g/mol. The van der Waals surface area contributed by atoms with Gasteiger partial charge in [0.05, 0.1) is 11.2 Å². The van der Waals surface area contributed by atoms with E-state index in [1.807, 2.05) is 10.8 Å². The van der Waals surface area contributed by atoms with Gasteiger partial charge in [-0.2, -0.15) is 0 Å². The fourth-order valence-corrected chi connectivity index (χ4v) is 3.81. The molecule has 0 aliphatic rings. The third kappa shape index (κ3) is 5.41. The second-order valence-electron chi connectivity index (χ2n) is 6.50. The quantitative estimate of drug-likeness (QED) is 0.552. The van der Waals surface area contributed by atoms with Crippen LogP contribution in [0.1, 0.15) is 22.3 Å². The van der Waals surface area contributed by atoms with Crippen molar-refractivity contribution in [1.82, 2.24) is 14.9 Å². The number of sulfonamides is 1. The molecular weight excluding hydrogens is 395 g/mol. The zero-order chi connectivity index (χ0) is 20.9. The SMILES string of the molecule is Cc1ccc(S(=O)(=O)Nc2ccc(F)cc2)cc1C(=O)NCCCn1ccnc1. The number of carbonyl (C=O) groups is 1. The summed E-state index contributed by atoms with van der Waals surface area (Å²) in [6.07, 6.45) is 5.95. The molecule has 0 unspecified atom stereocenters. The number of hydrogen-bond acceptors (Lipinski definition) is 4. The van der Waals surface area contributed by atoms with Crippen molar-refractivity contribution >= 4 is 21.6 Å². The van der Waals surface area contributed by atoms with Gasteiger partial charge in [0.1, 0.15) is 5.82 Å². The van der Waals surface area contributed by atoms with E-state index < -0.39 is 15.8 Å². The van der Waals surface area contributed by atoms with Crippen LogP contribution in [0, 0.1) is 12.7 Å². The average Bonchev–Trinajstić information content (AvgIpc) is 3.20. The van der Waals surface area contributed by atoms with Crippen molar-refractivity contribution in [3.8, 4) is 0 Å². The first-order valence-electron chi connectivity index (χ1n) is 8.98. The Kier molecular flexibility index (Phi) is 6.28. The van der Waals surface area contributed by atoms with E-state index in [1.54, 1.807) is 25.5 Å². The molecule has 7 nitrogen and oxygen atoms in total. The summed E-state index contributed by atoms with van der Waals surface area (Å²) in [5.74, 6) is -0.803. The van der Waals surface area contributed by atoms with E-state index in [0.29, 0.717) is 18.5 Å². The van der Waals surface area contributed by atoms with Crippen LogP contribution in [0.2, 0.25) is 0 Å². The number of halogens is 1. The minimum Gasteiger partial charge on any atom is -0.352 e. The molecule has 0 aliphatic heterocycles. The Morgan fingerprint density at radius 3 is 2.62 bits per heavy atom. The first kappa shape index (κ1) is 20.5. The first-order chi connectivity index (χ1) is 13.8. The highest BCUT2D eigenvalue weighted by atomic mass is 32.2. The van der Waals surface area contributed by atoms with E-state index in [4.69, 9.17) is 0 Å². The molecule has 1 heterocycles. The Labute approximate surface area is 168 Å². The van der Waals surface area contributed by atoms with Crippen molar-refractivity contribution in [2.75, 3.05) is 11.3 Å². The highest BCUT2D eigenvalue weighted by Gasteiger charge is 2.18. The zero-order valence-electron chi connectivity index (χ0n) is 15.8. The molecule has 0 aliphatic carbocycles. The number of aryl methyl sites for hydroxylation is 2. The lowest BCUT2D eigenvalue weighted by atomic mass is 10.1. The van der Waals surface area contributed by atoms with E-state index in [-0.39, 0.29) is 22.1 Å². The van der Waals surface area contributed by atoms with Crippen LogP contribution in [-0.2, 0) is 16.6 Å². The minimum absolute atomic E-state index is 0.0454.